The second-order valence-corrected chi connectivity index (χ2v) is 7.57. The van der Waals surface area contributed by atoms with Gasteiger partial charge < -0.3 is 10.6 Å². The van der Waals surface area contributed by atoms with Gasteiger partial charge >= 0.3 is 6.18 Å². The van der Waals surface area contributed by atoms with Crippen molar-refractivity contribution in [2.45, 2.75) is 37.8 Å². The summed E-state index contributed by atoms with van der Waals surface area (Å²) in [5, 5.41) is 6.72. The molecule has 0 bridgehead atoms. The fourth-order valence-electron chi connectivity index (χ4n) is 3.58. The number of rotatable bonds is 6. The van der Waals surface area contributed by atoms with Crippen molar-refractivity contribution in [3.8, 4) is 0 Å². The van der Waals surface area contributed by atoms with Gasteiger partial charge in [-0.2, -0.15) is 13.2 Å². The summed E-state index contributed by atoms with van der Waals surface area (Å²) in [5.41, 5.74) is 1.05. The lowest BCUT2D eigenvalue weighted by Crippen LogP contribution is -2.41. The van der Waals surface area contributed by atoms with Crippen LogP contribution in [0, 0.1) is 0 Å². The molecule has 0 saturated carbocycles. The summed E-state index contributed by atoms with van der Waals surface area (Å²) in [6, 6.07) is 12.4. The zero-order valence-corrected chi connectivity index (χ0v) is 16.7. The van der Waals surface area contributed by atoms with Crippen LogP contribution in [-0.2, 0) is 24.1 Å². The number of likely N-dealkylation sites (tertiary alicyclic amines) is 1. The van der Waals surface area contributed by atoms with Gasteiger partial charge in [-0.05, 0) is 35.7 Å². The largest absolute Gasteiger partial charge is 0.416 e. The standard InChI is InChI=1S/C21H23ClF3N3O/c1-26-20(29)19-10-17(13-28(19)12-15-4-2-3-5-18(15)22)27-11-14-6-8-16(9-7-14)21(23,24)25/h2-9,17,19,27H,10-13H2,1H3,(H,26,29)/t17-,19+/m1/s1. The van der Waals surface area contributed by atoms with Crippen molar-refractivity contribution in [2.24, 2.45) is 0 Å². The number of hydrogen-bond donors (Lipinski definition) is 2. The molecule has 0 aromatic heterocycles. The van der Waals surface area contributed by atoms with Crippen LogP contribution < -0.4 is 10.6 Å². The molecule has 1 heterocycles. The molecule has 0 aliphatic carbocycles. The minimum atomic E-state index is -4.34. The second-order valence-electron chi connectivity index (χ2n) is 7.16. The van der Waals surface area contributed by atoms with E-state index >= 15 is 0 Å². The summed E-state index contributed by atoms with van der Waals surface area (Å²) < 4.78 is 38.1. The highest BCUT2D eigenvalue weighted by molar-refractivity contribution is 6.31. The lowest BCUT2D eigenvalue weighted by Gasteiger charge is -2.23. The van der Waals surface area contributed by atoms with E-state index in [9.17, 15) is 18.0 Å². The maximum absolute atomic E-state index is 12.7. The van der Waals surface area contributed by atoms with Gasteiger partial charge in [0, 0.05) is 37.7 Å². The van der Waals surface area contributed by atoms with Crippen molar-refractivity contribution in [3.05, 3.63) is 70.2 Å². The zero-order valence-electron chi connectivity index (χ0n) is 16.0. The van der Waals surface area contributed by atoms with Crippen LogP contribution in [0.1, 0.15) is 23.1 Å². The van der Waals surface area contributed by atoms with Gasteiger partial charge in [0.25, 0.3) is 0 Å². The minimum Gasteiger partial charge on any atom is -0.358 e. The highest BCUT2D eigenvalue weighted by Gasteiger charge is 2.36. The Hall–Kier alpha value is -2.09. The molecule has 1 saturated heterocycles. The molecule has 29 heavy (non-hydrogen) atoms. The van der Waals surface area contributed by atoms with E-state index < -0.39 is 11.7 Å². The number of alkyl halides is 3. The van der Waals surface area contributed by atoms with Gasteiger partial charge in [0.2, 0.25) is 5.91 Å². The van der Waals surface area contributed by atoms with Crippen LogP contribution in [-0.4, -0.2) is 36.5 Å². The normalized spacial score (nSPS) is 20.0. The number of carbonyl (C=O) groups is 1. The topological polar surface area (TPSA) is 44.4 Å². The highest BCUT2D eigenvalue weighted by Crippen LogP contribution is 2.29. The van der Waals surface area contributed by atoms with Crippen LogP contribution in [0.2, 0.25) is 5.02 Å². The predicted octanol–water partition coefficient (Wildman–Crippen LogP) is 3.84. The Morgan fingerprint density at radius 3 is 2.48 bits per heavy atom. The third-order valence-electron chi connectivity index (χ3n) is 5.16. The lowest BCUT2D eigenvalue weighted by atomic mass is 10.1. The molecule has 2 aromatic carbocycles. The summed E-state index contributed by atoms with van der Waals surface area (Å²) in [6.07, 6.45) is -3.72. The molecule has 0 radical (unpaired) electrons. The molecule has 3 rings (SSSR count). The van der Waals surface area contributed by atoms with E-state index in [-0.39, 0.29) is 18.0 Å². The smallest absolute Gasteiger partial charge is 0.358 e. The molecular formula is C21H23ClF3N3O. The van der Waals surface area contributed by atoms with Crippen molar-refractivity contribution < 1.29 is 18.0 Å². The van der Waals surface area contributed by atoms with Crippen molar-refractivity contribution >= 4 is 17.5 Å². The molecule has 1 fully saturated rings. The van der Waals surface area contributed by atoms with Crippen molar-refractivity contribution in [1.82, 2.24) is 15.5 Å². The SMILES string of the molecule is CNC(=O)[C@@H]1C[C@@H](NCc2ccc(C(F)(F)F)cc2)CN1Cc1ccccc1Cl. The van der Waals surface area contributed by atoms with E-state index in [0.717, 1.165) is 23.3 Å². The van der Waals surface area contributed by atoms with Gasteiger partial charge in [-0.15, -0.1) is 0 Å². The molecule has 1 amide bonds. The van der Waals surface area contributed by atoms with Crippen LogP contribution >= 0.6 is 11.6 Å². The third-order valence-corrected chi connectivity index (χ3v) is 5.53. The first-order valence-electron chi connectivity index (χ1n) is 9.36. The fourth-order valence-corrected chi connectivity index (χ4v) is 3.78. The quantitative estimate of drug-likeness (QED) is 0.739. The van der Waals surface area contributed by atoms with Crippen LogP contribution in [0.15, 0.2) is 48.5 Å². The Morgan fingerprint density at radius 1 is 1.17 bits per heavy atom. The molecule has 1 aliphatic rings. The van der Waals surface area contributed by atoms with Crippen LogP contribution in [0.4, 0.5) is 13.2 Å². The number of nitrogens with zero attached hydrogens (tertiary/aromatic N) is 1. The summed E-state index contributed by atoms with van der Waals surface area (Å²) in [4.78, 5) is 14.4. The Morgan fingerprint density at radius 2 is 1.86 bits per heavy atom. The van der Waals surface area contributed by atoms with Crippen molar-refractivity contribution in [2.75, 3.05) is 13.6 Å². The Labute approximate surface area is 173 Å². The average molecular weight is 426 g/mol. The van der Waals surface area contributed by atoms with E-state index in [2.05, 4.69) is 15.5 Å². The van der Waals surface area contributed by atoms with Crippen molar-refractivity contribution in [1.29, 1.82) is 0 Å². The van der Waals surface area contributed by atoms with E-state index in [1.807, 2.05) is 24.3 Å². The van der Waals surface area contributed by atoms with Gasteiger partial charge in [-0.25, -0.2) is 0 Å². The number of carbonyl (C=O) groups excluding carboxylic acids is 1. The zero-order chi connectivity index (χ0) is 21.0. The third kappa shape index (κ3) is 5.50. The monoisotopic (exact) mass is 425 g/mol. The van der Waals surface area contributed by atoms with E-state index in [1.165, 1.54) is 12.1 Å². The molecule has 2 N–H and O–H groups in total. The highest BCUT2D eigenvalue weighted by atomic mass is 35.5. The lowest BCUT2D eigenvalue weighted by molar-refractivity contribution is -0.137. The number of hydrogen-bond acceptors (Lipinski definition) is 3. The fraction of sp³-hybridized carbons (Fsp3) is 0.381. The van der Waals surface area contributed by atoms with E-state index in [4.69, 9.17) is 11.6 Å². The Bertz CT molecular complexity index is 842. The molecule has 1 aliphatic heterocycles. The molecule has 0 spiro atoms. The van der Waals surface area contributed by atoms with Crippen molar-refractivity contribution in [3.63, 3.8) is 0 Å². The van der Waals surface area contributed by atoms with E-state index in [0.29, 0.717) is 31.1 Å². The van der Waals surface area contributed by atoms with E-state index in [1.54, 1.807) is 7.05 Å². The molecule has 156 valence electrons. The maximum Gasteiger partial charge on any atom is 0.416 e. The summed E-state index contributed by atoms with van der Waals surface area (Å²) in [7, 11) is 1.61. The molecule has 8 heteroatoms. The molecular weight excluding hydrogens is 403 g/mol. The first kappa shape index (κ1) is 21.6. The minimum absolute atomic E-state index is 0.0436. The molecule has 2 atom stereocenters. The number of likely N-dealkylation sites (N-methyl/N-ethyl adjacent to an activating group) is 1. The van der Waals surface area contributed by atoms with Crippen LogP contribution in [0.3, 0.4) is 0 Å². The van der Waals surface area contributed by atoms with Crippen LogP contribution in [0.25, 0.3) is 0 Å². The van der Waals surface area contributed by atoms with Gasteiger partial charge in [0.15, 0.2) is 0 Å². The summed E-state index contributed by atoms with van der Waals surface area (Å²) >= 11 is 6.26. The predicted molar refractivity (Wildman–Crippen MR) is 106 cm³/mol. The molecule has 4 nitrogen and oxygen atoms in total. The number of benzene rings is 2. The summed E-state index contributed by atoms with van der Waals surface area (Å²) in [5.74, 6) is -0.0594. The first-order chi connectivity index (χ1) is 13.8. The Kier molecular flexibility index (Phi) is 6.82. The van der Waals surface area contributed by atoms with Gasteiger partial charge in [-0.3, -0.25) is 9.69 Å². The van der Waals surface area contributed by atoms with Crippen LogP contribution in [0.5, 0.6) is 0 Å². The molecule has 0 unspecified atom stereocenters. The van der Waals surface area contributed by atoms with Gasteiger partial charge in [-0.1, -0.05) is 41.9 Å². The number of halogens is 4. The number of nitrogens with one attached hydrogen (secondary N) is 2. The first-order valence-corrected chi connectivity index (χ1v) is 9.74. The summed E-state index contributed by atoms with van der Waals surface area (Å²) in [6.45, 7) is 1.63. The Balaban J connectivity index is 1.63. The molecule has 2 aromatic rings. The van der Waals surface area contributed by atoms with Gasteiger partial charge in [0.05, 0.1) is 11.6 Å². The van der Waals surface area contributed by atoms with Gasteiger partial charge in [0.1, 0.15) is 0 Å². The number of amides is 1. The average Bonchev–Trinajstić information content (AvgIpc) is 3.10. The maximum atomic E-state index is 12.7. The second kappa shape index (κ2) is 9.15.